The third-order valence-corrected chi connectivity index (χ3v) is 0. The van der Waals surface area contributed by atoms with Crippen molar-refractivity contribution in [2.75, 3.05) is 0 Å². The molecule has 0 fully saturated rings. The summed E-state index contributed by atoms with van der Waals surface area (Å²) in [5, 5.41) is 0. The average molecular weight is 328 g/mol. The Labute approximate surface area is 106 Å². The van der Waals surface area contributed by atoms with Gasteiger partial charge in [0.2, 0.25) is 24.0 Å². The van der Waals surface area contributed by atoms with Crippen LogP contribution in [0.2, 0.25) is 0 Å². The van der Waals surface area contributed by atoms with E-state index in [0.717, 1.165) is 0 Å². The summed E-state index contributed by atoms with van der Waals surface area (Å²) in [6.45, 7) is 0. The molecule has 0 rings (SSSR count). The minimum absolute atomic E-state index is 0. The molecule has 0 N–H and O–H groups in total. The molecule has 0 aromatic rings. The van der Waals surface area contributed by atoms with E-state index in [2.05, 4.69) is 0 Å². The molecule has 24 valence electrons. The van der Waals surface area contributed by atoms with E-state index in [9.17, 15) is 0 Å². The fraction of sp³-hybridized carbons (Fsp3) is 0. The third kappa shape index (κ3) is 9.01. The van der Waals surface area contributed by atoms with Crippen LogP contribution in [0.3, 0.4) is 0 Å². The Morgan fingerprint density at radius 1 is 0.750 bits per heavy atom. The van der Waals surface area contributed by atoms with Gasteiger partial charge in [-0.1, -0.05) is 0 Å². The molecule has 0 aliphatic heterocycles. The van der Waals surface area contributed by atoms with Gasteiger partial charge in [0.25, 0.3) is 0 Å². The topological polar surface area (TPSA) is 0 Å². The molecule has 0 radical (unpaired) electrons. The van der Waals surface area contributed by atoms with Crippen LogP contribution in [0.15, 0.2) is 0 Å². The number of rotatable bonds is 0. The summed E-state index contributed by atoms with van der Waals surface area (Å²) >= 11 is 0. The Hall–Kier alpha value is 3.33. The SMILES string of the molecule is [Br-].[Br-].[IH2+].[K+]. The molecule has 0 heterocycles. The van der Waals surface area contributed by atoms with Crippen LogP contribution in [0.25, 0.3) is 0 Å². The Balaban J connectivity index is 0. The number of halogens is 3. The van der Waals surface area contributed by atoms with E-state index in [1.165, 1.54) is 0 Å². The van der Waals surface area contributed by atoms with Crippen LogP contribution in [0.5, 0.6) is 0 Å². The van der Waals surface area contributed by atoms with Gasteiger partial charge in [0, 0.05) is 0 Å². The van der Waals surface area contributed by atoms with Crippen molar-refractivity contribution in [1.29, 1.82) is 0 Å². The standard InChI is InChI=1S/2BrH.H2I.K/h2*1H;1H2;/q;;2*+1/p-2. The monoisotopic (exact) mass is 326 g/mol. The molecule has 4 heteroatoms. The van der Waals surface area contributed by atoms with E-state index in [1.807, 2.05) is 0 Å². The zero-order valence-electron chi connectivity index (χ0n) is 2.20. The van der Waals surface area contributed by atoms with E-state index in [4.69, 9.17) is 0 Å². The van der Waals surface area contributed by atoms with Crippen LogP contribution in [0.1, 0.15) is 0 Å². The summed E-state index contributed by atoms with van der Waals surface area (Å²) in [6.07, 6.45) is 0. The van der Waals surface area contributed by atoms with Crippen LogP contribution < -0.4 is 109 Å². The van der Waals surface area contributed by atoms with Gasteiger partial charge in [0.05, 0.1) is 0 Å². The van der Waals surface area contributed by atoms with Crippen LogP contribution in [-0.4, -0.2) is 0 Å². The van der Waals surface area contributed by atoms with Gasteiger partial charge in [-0.25, -0.2) is 0 Å². The molecule has 0 aromatic carbocycles. The van der Waals surface area contributed by atoms with Crippen molar-refractivity contribution < 1.29 is 109 Å². The fourth-order valence-electron chi connectivity index (χ4n) is 0. The summed E-state index contributed by atoms with van der Waals surface area (Å²) in [4.78, 5) is 0. The van der Waals surface area contributed by atoms with Crippen molar-refractivity contribution in [3.63, 3.8) is 0 Å². The van der Waals surface area contributed by atoms with Crippen molar-refractivity contribution in [3.05, 3.63) is 0 Å². The predicted octanol–water partition coefficient (Wildman–Crippen LogP) is -12.5. The summed E-state index contributed by atoms with van der Waals surface area (Å²) in [5.74, 6) is 0. The molecule has 0 saturated heterocycles. The molecule has 0 nitrogen and oxygen atoms in total. The molecule has 0 aromatic heterocycles. The normalized spacial score (nSPS) is 0. The zero-order valence-corrected chi connectivity index (χ0v) is 11.1. The van der Waals surface area contributed by atoms with Gasteiger partial charge < -0.3 is 34.0 Å². The fourth-order valence-corrected chi connectivity index (χ4v) is 0. The van der Waals surface area contributed by atoms with Crippen molar-refractivity contribution in [2.24, 2.45) is 0 Å². The van der Waals surface area contributed by atoms with Crippen LogP contribution in [-0.2, 0) is 0 Å². The molecule has 0 aliphatic rings. The predicted molar refractivity (Wildman–Crippen MR) is 2.79 cm³/mol. The van der Waals surface area contributed by atoms with Crippen molar-refractivity contribution in [2.45, 2.75) is 0 Å². The van der Waals surface area contributed by atoms with E-state index in [-0.39, 0.29) is 109 Å². The minimum Gasteiger partial charge on any atom is -1.00 e. The maximum atomic E-state index is 0. The van der Waals surface area contributed by atoms with Crippen molar-refractivity contribution >= 4 is 0 Å². The molecule has 0 atom stereocenters. The maximum absolute atomic E-state index is 0. The molecular weight excluding hydrogens is 326 g/mol. The first kappa shape index (κ1) is 26.5. The Morgan fingerprint density at radius 2 is 0.750 bits per heavy atom. The van der Waals surface area contributed by atoms with Gasteiger partial charge in [0.1, 0.15) is 0 Å². The molecule has 0 unspecified atom stereocenters. The minimum atomic E-state index is 0. The molecule has 0 saturated carbocycles. The summed E-state index contributed by atoms with van der Waals surface area (Å²) in [5.41, 5.74) is 0. The van der Waals surface area contributed by atoms with Gasteiger partial charge in [-0.15, -0.1) is 0 Å². The second-order valence-corrected chi connectivity index (χ2v) is 0. The second kappa shape index (κ2) is 16.2. The zero-order chi connectivity index (χ0) is 0. The second-order valence-electron chi connectivity index (χ2n) is 0. The van der Waals surface area contributed by atoms with Gasteiger partial charge in [-0.3, -0.25) is 0 Å². The van der Waals surface area contributed by atoms with E-state index in [0.29, 0.717) is 0 Å². The first-order valence-electron chi connectivity index (χ1n) is 0. The van der Waals surface area contributed by atoms with Gasteiger partial charge in [-0.05, 0) is 0 Å². The van der Waals surface area contributed by atoms with Crippen molar-refractivity contribution in [1.82, 2.24) is 0 Å². The quantitative estimate of drug-likeness (QED) is 0.306. The Morgan fingerprint density at radius 3 is 0.750 bits per heavy atom. The van der Waals surface area contributed by atoms with Gasteiger partial charge in [0.15, 0.2) is 0 Å². The summed E-state index contributed by atoms with van der Waals surface area (Å²) < 4.78 is 0. The molecule has 0 aliphatic carbocycles. The first-order chi connectivity index (χ1) is 0. The molecule has 0 spiro atoms. The number of hydrogen-bond acceptors (Lipinski definition) is 0. The van der Waals surface area contributed by atoms with Crippen LogP contribution in [0, 0.1) is 0 Å². The van der Waals surface area contributed by atoms with E-state index in [1.54, 1.807) is 0 Å². The summed E-state index contributed by atoms with van der Waals surface area (Å²) in [6, 6.07) is 0. The van der Waals surface area contributed by atoms with Gasteiger partial charge in [-0.2, -0.15) is 0 Å². The average Bonchev–Trinajstić information content (AvgIpc) is 0. The Kier molecular flexibility index (Phi) is 107. The molecule has 4 heavy (non-hydrogen) atoms. The van der Waals surface area contributed by atoms with E-state index >= 15 is 0 Å². The Bertz CT molecular complexity index is 6.00. The number of hydrogen-bond donors (Lipinski definition) is 0. The molecule has 0 amide bonds. The molecular formula is H2Br2IK. The van der Waals surface area contributed by atoms with Crippen LogP contribution in [0.4, 0.5) is 0 Å². The smallest absolute Gasteiger partial charge is 1.00 e. The summed E-state index contributed by atoms with van der Waals surface area (Å²) in [7, 11) is 0. The van der Waals surface area contributed by atoms with Crippen LogP contribution >= 0.6 is 0 Å². The first-order valence-corrected chi connectivity index (χ1v) is 0. The largest absolute Gasteiger partial charge is 1.00 e. The van der Waals surface area contributed by atoms with Gasteiger partial charge >= 0.3 is 51.4 Å². The van der Waals surface area contributed by atoms with E-state index < -0.39 is 0 Å². The molecule has 0 bridgehead atoms. The maximum Gasteiger partial charge on any atom is 1.00 e. The van der Waals surface area contributed by atoms with Crippen molar-refractivity contribution in [3.8, 4) is 0 Å². The third-order valence-electron chi connectivity index (χ3n) is 0.